The average Bonchev–Trinajstić information content (AvgIpc) is 2.55. The minimum absolute atomic E-state index is 0.376. The van der Waals surface area contributed by atoms with E-state index in [1.807, 2.05) is 20.8 Å². The molecule has 2 rings (SSSR count). The van der Waals surface area contributed by atoms with Crippen LogP contribution in [0.25, 0.3) is 11.0 Å². The van der Waals surface area contributed by atoms with Crippen LogP contribution in [0.2, 0.25) is 0 Å². The standard InChI is InChI=1S/C17H25FN6O2/c1-17(2,3)26-16(25)21-9-5-4-8-20-14-15(24-19)22-12-7-6-11(18)10-13(12)23-14/h6-7,10H,4-5,8-9,19H2,1-3H3,(H,20,23)(H,21,25)(H,22,24). The summed E-state index contributed by atoms with van der Waals surface area (Å²) >= 11 is 0. The summed E-state index contributed by atoms with van der Waals surface area (Å²) in [5.74, 6) is 5.94. The summed E-state index contributed by atoms with van der Waals surface area (Å²) in [6.45, 7) is 6.55. The molecule has 9 heteroatoms. The molecule has 0 bridgehead atoms. The van der Waals surface area contributed by atoms with Gasteiger partial charge in [0.1, 0.15) is 11.4 Å². The maximum atomic E-state index is 13.3. The fraction of sp³-hybridized carbons (Fsp3) is 0.471. The van der Waals surface area contributed by atoms with Gasteiger partial charge in [-0.2, -0.15) is 0 Å². The van der Waals surface area contributed by atoms with Gasteiger partial charge in [-0.15, -0.1) is 0 Å². The summed E-state index contributed by atoms with van der Waals surface area (Å²) in [6.07, 6.45) is 1.11. The number of unbranched alkanes of at least 4 members (excludes halogenated alkanes) is 1. The van der Waals surface area contributed by atoms with E-state index < -0.39 is 11.7 Å². The Kier molecular flexibility index (Phi) is 6.51. The third-order valence-electron chi connectivity index (χ3n) is 3.33. The van der Waals surface area contributed by atoms with Gasteiger partial charge in [-0.3, -0.25) is 0 Å². The topological polar surface area (TPSA) is 114 Å². The minimum atomic E-state index is -0.508. The highest BCUT2D eigenvalue weighted by Gasteiger charge is 2.15. The van der Waals surface area contributed by atoms with Crippen molar-refractivity contribution in [2.24, 2.45) is 5.84 Å². The van der Waals surface area contributed by atoms with Crippen molar-refractivity contribution >= 4 is 28.8 Å². The van der Waals surface area contributed by atoms with E-state index >= 15 is 0 Å². The van der Waals surface area contributed by atoms with Crippen LogP contribution in [0.3, 0.4) is 0 Å². The number of carbonyl (C=O) groups is 1. The quantitative estimate of drug-likeness (QED) is 0.339. The summed E-state index contributed by atoms with van der Waals surface area (Å²) in [7, 11) is 0. The van der Waals surface area contributed by atoms with Crippen molar-refractivity contribution in [1.29, 1.82) is 0 Å². The number of alkyl carbamates (subject to hydrolysis) is 1. The number of benzene rings is 1. The predicted octanol–water partition coefficient (Wildman–Crippen LogP) is 2.77. The number of amides is 1. The molecule has 0 radical (unpaired) electrons. The molecule has 2 aromatic rings. The molecule has 0 fully saturated rings. The fourth-order valence-electron chi connectivity index (χ4n) is 2.21. The molecule has 0 saturated carbocycles. The number of fused-ring (bicyclic) bond motifs is 1. The van der Waals surface area contributed by atoms with Gasteiger partial charge in [-0.05, 0) is 45.7 Å². The zero-order valence-corrected chi connectivity index (χ0v) is 15.2. The molecule has 26 heavy (non-hydrogen) atoms. The first-order valence-corrected chi connectivity index (χ1v) is 8.43. The molecule has 0 unspecified atom stereocenters. The first kappa shape index (κ1) is 19.6. The van der Waals surface area contributed by atoms with Crippen LogP contribution in [0.5, 0.6) is 0 Å². The highest BCUT2D eigenvalue weighted by atomic mass is 19.1. The van der Waals surface area contributed by atoms with Crippen LogP contribution in [-0.4, -0.2) is 34.8 Å². The van der Waals surface area contributed by atoms with Gasteiger partial charge < -0.3 is 20.8 Å². The van der Waals surface area contributed by atoms with Crippen molar-refractivity contribution in [1.82, 2.24) is 15.3 Å². The van der Waals surface area contributed by atoms with E-state index in [4.69, 9.17) is 10.6 Å². The molecule has 0 aliphatic carbocycles. The van der Waals surface area contributed by atoms with Gasteiger partial charge in [-0.1, -0.05) is 0 Å². The molecular weight excluding hydrogens is 339 g/mol. The monoisotopic (exact) mass is 364 g/mol. The van der Waals surface area contributed by atoms with Crippen LogP contribution in [0, 0.1) is 5.82 Å². The molecule has 1 heterocycles. The minimum Gasteiger partial charge on any atom is -0.444 e. The third kappa shape index (κ3) is 5.99. The number of hydrogen-bond acceptors (Lipinski definition) is 7. The molecule has 0 aliphatic heterocycles. The van der Waals surface area contributed by atoms with E-state index in [0.717, 1.165) is 12.8 Å². The second kappa shape index (κ2) is 8.61. The van der Waals surface area contributed by atoms with Crippen molar-refractivity contribution in [2.75, 3.05) is 23.8 Å². The first-order chi connectivity index (χ1) is 12.3. The number of nitrogens with one attached hydrogen (secondary N) is 3. The SMILES string of the molecule is CC(C)(C)OC(=O)NCCCCNc1nc2cc(F)ccc2nc1NN. The summed E-state index contributed by atoms with van der Waals surface area (Å²) in [5.41, 5.74) is 2.97. The molecule has 0 saturated heterocycles. The van der Waals surface area contributed by atoms with Crippen molar-refractivity contribution in [3.8, 4) is 0 Å². The lowest BCUT2D eigenvalue weighted by molar-refractivity contribution is 0.0527. The third-order valence-corrected chi connectivity index (χ3v) is 3.33. The lowest BCUT2D eigenvalue weighted by atomic mass is 10.2. The number of nitrogens with zero attached hydrogens (tertiary/aromatic N) is 2. The number of nitrogen functional groups attached to an aromatic ring is 1. The number of anilines is 2. The van der Waals surface area contributed by atoms with E-state index in [1.165, 1.54) is 12.1 Å². The van der Waals surface area contributed by atoms with E-state index in [1.54, 1.807) is 6.07 Å². The highest BCUT2D eigenvalue weighted by molar-refractivity contribution is 5.80. The number of nitrogens with two attached hydrogens (primary N) is 1. The van der Waals surface area contributed by atoms with Gasteiger partial charge in [0.25, 0.3) is 0 Å². The summed E-state index contributed by atoms with van der Waals surface area (Å²) in [4.78, 5) is 20.2. The van der Waals surface area contributed by atoms with E-state index in [-0.39, 0.29) is 5.82 Å². The Labute approximate surface area is 151 Å². The number of hydrazine groups is 1. The van der Waals surface area contributed by atoms with E-state index in [0.29, 0.717) is 35.8 Å². The van der Waals surface area contributed by atoms with Gasteiger partial charge >= 0.3 is 6.09 Å². The van der Waals surface area contributed by atoms with Crippen LogP contribution in [0.4, 0.5) is 20.8 Å². The maximum Gasteiger partial charge on any atom is 0.407 e. The maximum absolute atomic E-state index is 13.3. The largest absolute Gasteiger partial charge is 0.444 e. The molecule has 0 aliphatic rings. The van der Waals surface area contributed by atoms with Gasteiger partial charge in [0.15, 0.2) is 11.6 Å². The van der Waals surface area contributed by atoms with Crippen LogP contribution in [-0.2, 0) is 4.74 Å². The number of aromatic nitrogens is 2. The molecule has 1 aromatic heterocycles. The molecule has 0 spiro atoms. The zero-order valence-electron chi connectivity index (χ0n) is 15.2. The predicted molar refractivity (Wildman–Crippen MR) is 99.3 cm³/mol. The van der Waals surface area contributed by atoms with Gasteiger partial charge in [0.05, 0.1) is 11.0 Å². The van der Waals surface area contributed by atoms with E-state index in [9.17, 15) is 9.18 Å². The molecule has 5 N–H and O–H groups in total. The van der Waals surface area contributed by atoms with E-state index in [2.05, 4.69) is 26.0 Å². The number of carbonyl (C=O) groups excluding carboxylic acids is 1. The van der Waals surface area contributed by atoms with Crippen LogP contribution >= 0.6 is 0 Å². The Morgan fingerprint density at radius 3 is 2.54 bits per heavy atom. The number of hydrogen-bond donors (Lipinski definition) is 4. The number of ether oxygens (including phenoxy) is 1. The zero-order chi connectivity index (χ0) is 19.2. The Morgan fingerprint density at radius 2 is 1.85 bits per heavy atom. The highest BCUT2D eigenvalue weighted by Crippen LogP contribution is 2.21. The Balaban J connectivity index is 1.81. The fourth-order valence-corrected chi connectivity index (χ4v) is 2.21. The number of halogens is 1. The summed E-state index contributed by atoms with van der Waals surface area (Å²) in [6, 6.07) is 4.19. The first-order valence-electron chi connectivity index (χ1n) is 8.43. The van der Waals surface area contributed by atoms with Crippen LogP contribution in [0.1, 0.15) is 33.6 Å². The average molecular weight is 364 g/mol. The number of rotatable bonds is 7. The van der Waals surface area contributed by atoms with Crippen molar-refractivity contribution in [3.05, 3.63) is 24.0 Å². The Bertz CT molecular complexity index is 763. The molecule has 142 valence electrons. The van der Waals surface area contributed by atoms with Crippen LogP contribution < -0.4 is 21.9 Å². The van der Waals surface area contributed by atoms with Crippen molar-refractivity contribution in [3.63, 3.8) is 0 Å². The molecule has 0 atom stereocenters. The van der Waals surface area contributed by atoms with Gasteiger partial charge in [-0.25, -0.2) is 25.0 Å². The molecule has 1 aromatic carbocycles. The second-order valence-corrected chi connectivity index (χ2v) is 6.76. The van der Waals surface area contributed by atoms with Crippen molar-refractivity contribution in [2.45, 2.75) is 39.2 Å². The van der Waals surface area contributed by atoms with Gasteiger partial charge in [0, 0.05) is 19.2 Å². The van der Waals surface area contributed by atoms with Gasteiger partial charge in [0.2, 0.25) is 0 Å². The Hall–Kier alpha value is -2.68. The van der Waals surface area contributed by atoms with Crippen LogP contribution in [0.15, 0.2) is 18.2 Å². The molecular formula is C17H25FN6O2. The normalized spacial score (nSPS) is 11.3. The lowest BCUT2D eigenvalue weighted by Crippen LogP contribution is -2.33. The summed E-state index contributed by atoms with van der Waals surface area (Å²) < 4.78 is 18.5. The summed E-state index contributed by atoms with van der Waals surface area (Å²) in [5, 5.41) is 5.82. The lowest BCUT2D eigenvalue weighted by Gasteiger charge is -2.19. The molecule has 8 nitrogen and oxygen atoms in total. The Morgan fingerprint density at radius 1 is 1.15 bits per heavy atom. The molecule has 1 amide bonds. The van der Waals surface area contributed by atoms with Crippen molar-refractivity contribution < 1.29 is 13.9 Å². The smallest absolute Gasteiger partial charge is 0.407 e. The second-order valence-electron chi connectivity index (χ2n) is 6.76.